The quantitative estimate of drug-likeness (QED) is 0.784. The number of aryl methyl sites for hydroxylation is 2. The lowest BCUT2D eigenvalue weighted by Gasteiger charge is -2.32. The number of nitrogens with zero attached hydrogens (tertiary/aromatic N) is 1. The van der Waals surface area contributed by atoms with Crippen molar-refractivity contribution < 1.29 is 14.3 Å². The predicted molar refractivity (Wildman–Crippen MR) is 114 cm³/mol. The Morgan fingerprint density at radius 2 is 1.79 bits per heavy atom. The molecule has 5 nitrogen and oxygen atoms in total. The van der Waals surface area contributed by atoms with Crippen LogP contribution in [0.2, 0.25) is 5.02 Å². The summed E-state index contributed by atoms with van der Waals surface area (Å²) in [6.07, 6.45) is 1.84. The molecule has 1 heterocycles. The van der Waals surface area contributed by atoms with E-state index in [4.69, 9.17) is 16.3 Å². The summed E-state index contributed by atoms with van der Waals surface area (Å²) in [5.74, 6) is 0.722. The second kappa shape index (κ2) is 9.79. The highest BCUT2D eigenvalue weighted by atomic mass is 35.5. The molecule has 0 spiro atoms. The van der Waals surface area contributed by atoms with E-state index in [1.54, 1.807) is 12.1 Å². The van der Waals surface area contributed by atoms with Crippen LogP contribution in [-0.4, -0.2) is 42.5 Å². The molecule has 1 N–H and O–H groups in total. The van der Waals surface area contributed by atoms with Gasteiger partial charge in [0, 0.05) is 24.2 Å². The zero-order valence-electron chi connectivity index (χ0n) is 16.9. The number of rotatable bonds is 6. The first-order valence-corrected chi connectivity index (χ1v) is 10.3. The molecular formula is C23H27ClN2O3. The molecule has 0 radical (unpaired) electrons. The number of carbonyl (C=O) groups excluding carboxylic acids is 2. The molecule has 0 bridgehead atoms. The number of ether oxygens (including phenoxy) is 1. The molecule has 2 aromatic rings. The smallest absolute Gasteiger partial charge is 0.260 e. The van der Waals surface area contributed by atoms with Crippen molar-refractivity contribution in [1.82, 2.24) is 10.2 Å². The van der Waals surface area contributed by atoms with Crippen molar-refractivity contribution in [2.75, 3.05) is 19.7 Å². The summed E-state index contributed by atoms with van der Waals surface area (Å²) in [4.78, 5) is 26.5. The van der Waals surface area contributed by atoms with Crippen molar-refractivity contribution in [2.45, 2.75) is 39.2 Å². The molecular weight excluding hydrogens is 388 g/mol. The van der Waals surface area contributed by atoms with Gasteiger partial charge >= 0.3 is 0 Å². The van der Waals surface area contributed by atoms with Gasteiger partial charge in [-0.05, 0) is 56.0 Å². The van der Waals surface area contributed by atoms with E-state index in [9.17, 15) is 9.59 Å². The van der Waals surface area contributed by atoms with Crippen molar-refractivity contribution in [2.24, 2.45) is 0 Å². The Morgan fingerprint density at radius 1 is 1.10 bits per heavy atom. The van der Waals surface area contributed by atoms with Crippen LogP contribution in [0.25, 0.3) is 0 Å². The number of carbonyl (C=O) groups is 2. The lowest BCUT2D eigenvalue weighted by atomic mass is 10.0. The van der Waals surface area contributed by atoms with Gasteiger partial charge in [-0.15, -0.1) is 0 Å². The number of nitrogens with one attached hydrogen (secondary N) is 1. The Balaban J connectivity index is 1.40. The molecule has 0 aliphatic carbocycles. The standard InChI is InChI=1S/C23H27ClN2O3/c1-16-3-8-21(17(2)13-16)29-15-23(28)26-11-9-20(10-12-26)25-22(27)14-18-4-6-19(24)7-5-18/h3-8,13,20H,9-12,14-15H2,1-2H3,(H,25,27). The van der Waals surface area contributed by atoms with Crippen molar-refractivity contribution in [3.8, 4) is 5.75 Å². The second-order valence-electron chi connectivity index (χ2n) is 7.58. The molecule has 1 saturated heterocycles. The number of amides is 2. The van der Waals surface area contributed by atoms with Gasteiger partial charge in [0.25, 0.3) is 5.91 Å². The molecule has 1 aliphatic heterocycles. The molecule has 6 heteroatoms. The number of hydrogen-bond acceptors (Lipinski definition) is 3. The maximum atomic E-state index is 12.5. The van der Waals surface area contributed by atoms with Crippen LogP contribution in [0.4, 0.5) is 0 Å². The second-order valence-corrected chi connectivity index (χ2v) is 8.02. The van der Waals surface area contributed by atoms with E-state index in [1.807, 2.05) is 49.1 Å². The van der Waals surface area contributed by atoms with Crippen molar-refractivity contribution in [3.63, 3.8) is 0 Å². The first-order chi connectivity index (χ1) is 13.9. The molecule has 0 aromatic heterocycles. The highest BCUT2D eigenvalue weighted by Crippen LogP contribution is 2.19. The van der Waals surface area contributed by atoms with Crippen molar-refractivity contribution >= 4 is 23.4 Å². The normalized spacial score (nSPS) is 14.5. The fourth-order valence-electron chi connectivity index (χ4n) is 3.53. The summed E-state index contributed by atoms with van der Waals surface area (Å²) in [6, 6.07) is 13.3. The van der Waals surface area contributed by atoms with E-state index in [0.29, 0.717) is 24.5 Å². The highest BCUT2D eigenvalue weighted by Gasteiger charge is 2.24. The van der Waals surface area contributed by atoms with Gasteiger partial charge in [0.05, 0.1) is 6.42 Å². The third-order valence-corrected chi connectivity index (χ3v) is 5.42. The van der Waals surface area contributed by atoms with Crippen LogP contribution >= 0.6 is 11.6 Å². The average Bonchev–Trinajstić information content (AvgIpc) is 2.69. The SMILES string of the molecule is Cc1ccc(OCC(=O)N2CCC(NC(=O)Cc3ccc(Cl)cc3)CC2)c(C)c1. The van der Waals surface area contributed by atoms with E-state index in [1.165, 1.54) is 5.56 Å². The Kier molecular flexibility index (Phi) is 7.15. The van der Waals surface area contributed by atoms with Crippen molar-refractivity contribution in [3.05, 3.63) is 64.2 Å². The molecule has 0 saturated carbocycles. The Morgan fingerprint density at radius 3 is 2.45 bits per heavy atom. The molecule has 29 heavy (non-hydrogen) atoms. The zero-order valence-corrected chi connectivity index (χ0v) is 17.7. The van der Waals surface area contributed by atoms with Gasteiger partial charge in [-0.25, -0.2) is 0 Å². The van der Waals surface area contributed by atoms with E-state index in [-0.39, 0.29) is 24.5 Å². The topological polar surface area (TPSA) is 58.6 Å². The van der Waals surface area contributed by atoms with Gasteiger partial charge in [0.2, 0.25) is 5.91 Å². The maximum Gasteiger partial charge on any atom is 0.260 e. The number of halogens is 1. The summed E-state index contributed by atoms with van der Waals surface area (Å²) in [7, 11) is 0. The maximum absolute atomic E-state index is 12.5. The lowest BCUT2D eigenvalue weighted by molar-refractivity contribution is -0.134. The van der Waals surface area contributed by atoms with Crippen LogP contribution in [0.5, 0.6) is 5.75 Å². The van der Waals surface area contributed by atoms with E-state index in [0.717, 1.165) is 29.7 Å². The minimum Gasteiger partial charge on any atom is -0.484 e. The molecule has 2 aromatic carbocycles. The van der Waals surface area contributed by atoms with Gasteiger partial charge in [0.1, 0.15) is 5.75 Å². The van der Waals surface area contributed by atoms with Crippen LogP contribution in [0.3, 0.4) is 0 Å². The number of piperidine rings is 1. The molecule has 0 unspecified atom stereocenters. The van der Waals surface area contributed by atoms with Crippen LogP contribution in [0, 0.1) is 13.8 Å². The number of hydrogen-bond donors (Lipinski definition) is 1. The predicted octanol–water partition coefficient (Wildman–Crippen LogP) is 3.69. The van der Waals surface area contributed by atoms with E-state index >= 15 is 0 Å². The van der Waals surface area contributed by atoms with Gasteiger partial charge in [-0.3, -0.25) is 9.59 Å². The largest absolute Gasteiger partial charge is 0.484 e. The average molecular weight is 415 g/mol. The Bertz CT molecular complexity index is 859. The van der Waals surface area contributed by atoms with Crippen LogP contribution < -0.4 is 10.1 Å². The summed E-state index contributed by atoms with van der Waals surface area (Å²) in [5, 5.41) is 3.73. The van der Waals surface area contributed by atoms with Gasteiger partial charge in [-0.2, -0.15) is 0 Å². The van der Waals surface area contributed by atoms with Crippen molar-refractivity contribution in [1.29, 1.82) is 0 Å². The first kappa shape index (κ1) is 21.2. The molecule has 154 valence electrons. The Hall–Kier alpha value is -2.53. The monoisotopic (exact) mass is 414 g/mol. The molecule has 1 aliphatic rings. The molecule has 1 fully saturated rings. The summed E-state index contributed by atoms with van der Waals surface area (Å²) < 4.78 is 5.70. The summed E-state index contributed by atoms with van der Waals surface area (Å²) in [5.41, 5.74) is 3.13. The third-order valence-electron chi connectivity index (χ3n) is 5.17. The van der Waals surface area contributed by atoms with Gasteiger partial charge < -0.3 is 15.0 Å². The minimum atomic E-state index is -0.0177. The first-order valence-electron chi connectivity index (χ1n) is 9.92. The summed E-state index contributed by atoms with van der Waals surface area (Å²) >= 11 is 5.87. The summed E-state index contributed by atoms with van der Waals surface area (Å²) in [6.45, 7) is 5.30. The lowest BCUT2D eigenvalue weighted by Crippen LogP contribution is -2.48. The van der Waals surface area contributed by atoms with Gasteiger partial charge in [-0.1, -0.05) is 41.4 Å². The zero-order chi connectivity index (χ0) is 20.8. The molecule has 0 atom stereocenters. The minimum absolute atomic E-state index is 0.00437. The number of likely N-dealkylation sites (tertiary alicyclic amines) is 1. The molecule has 3 rings (SSSR count). The Labute approximate surface area is 177 Å². The number of benzene rings is 2. The van der Waals surface area contributed by atoms with E-state index in [2.05, 4.69) is 5.32 Å². The van der Waals surface area contributed by atoms with Crippen LogP contribution in [0.15, 0.2) is 42.5 Å². The van der Waals surface area contributed by atoms with Crippen LogP contribution in [0.1, 0.15) is 29.5 Å². The van der Waals surface area contributed by atoms with E-state index < -0.39 is 0 Å². The fourth-order valence-corrected chi connectivity index (χ4v) is 3.66. The third kappa shape index (κ3) is 6.23. The van der Waals surface area contributed by atoms with Crippen LogP contribution in [-0.2, 0) is 16.0 Å². The van der Waals surface area contributed by atoms with Gasteiger partial charge in [0.15, 0.2) is 6.61 Å². The highest BCUT2D eigenvalue weighted by molar-refractivity contribution is 6.30. The molecule has 2 amide bonds. The fraction of sp³-hybridized carbons (Fsp3) is 0.391.